The van der Waals surface area contributed by atoms with Crippen LogP contribution < -0.4 is 0 Å². The van der Waals surface area contributed by atoms with E-state index in [0.29, 0.717) is 12.5 Å². The number of aliphatic carboxylic acids is 1. The van der Waals surface area contributed by atoms with E-state index in [-0.39, 0.29) is 5.92 Å². The molecule has 20 heavy (non-hydrogen) atoms. The summed E-state index contributed by atoms with van der Waals surface area (Å²) in [5.41, 5.74) is 2.50. The number of hydrogen-bond donors (Lipinski definition) is 1. The van der Waals surface area contributed by atoms with Crippen molar-refractivity contribution in [2.24, 2.45) is 11.8 Å². The SMILES string of the molecule is Cc1ccc(CN(CCC(C)C)CC(C)C(=O)O)cc1. The highest BCUT2D eigenvalue weighted by atomic mass is 16.4. The van der Waals surface area contributed by atoms with Crippen LogP contribution in [0, 0.1) is 18.8 Å². The summed E-state index contributed by atoms with van der Waals surface area (Å²) in [5.74, 6) is -0.410. The van der Waals surface area contributed by atoms with E-state index in [4.69, 9.17) is 5.11 Å². The zero-order chi connectivity index (χ0) is 15.1. The predicted molar refractivity (Wildman–Crippen MR) is 82.7 cm³/mol. The second-order valence-electron chi connectivity index (χ2n) is 6.14. The molecule has 1 unspecified atom stereocenters. The van der Waals surface area contributed by atoms with Crippen LogP contribution in [-0.4, -0.2) is 29.1 Å². The van der Waals surface area contributed by atoms with Crippen molar-refractivity contribution >= 4 is 5.97 Å². The Balaban J connectivity index is 2.65. The zero-order valence-corrected chi connectivity index (χ0v) is 13.1. The van der Waals surface area contributed by atoms with Gasteiger partial charge in [0.1, 0.15) is 0 Å². The molecule has 0 aliphatic rings. The number of benzene rings is 1. The van der Waals surface area contributed by atoms with Gasteiger partial charge in [-0.3, -0.25) is 9.69 Å². The molecule has 0 heterocycles. The van der Waals surface area contributed by atoms with Crippen LogP contribution in [0.5, 0.6) is 0 Å². The van der Waals surface area contributed by atoms with E-state index in [1.807, 2.05) is 0 Å². The highest BCUT2D eigenvalue weighted by Gasteiger charge is 2.16. The average molecular weight is 277 g/mol. The molecule has 1 rings (SSSR count). The third-order valence-electron chi connectivity index (χ3n) is 3.50. The molecule has 0 aromatic heterocycles. The van der Waals surface area contributed by atoms with Gasteiger partial charge in [0.2, 0.25) is 0 Å². The molecular formula is C17H27NO2. The van der Waals surface area contributed by atoms with Crippen molar-refractivity contribution in [3.05, 3.63) is 35.4 Å². The van der Waals surface area contributed by atoms with Gasteiger partial charge in [0.25, 0.3) is 0 Å². The minimum atomic E-state index is -0.719. The normalized spacial score (nSPS) is 12.9. The van der Waals surface area contributed by atoms with Crippen LogP contribution in [0.1, 0.15) is 38.3 Å². The van der Waals surface area contributed by atoms with Gasteiger partial charge in [0, 0.05) is 13.1 Å². The number of carbonyl (C=O) groups is 1. The zero-order valence-electron chi connectivity index (χ0n) is 13.1. The van der Waals surface area contributed by atoms with Crippen LogP contribution in [0.25, 0.3) is 0 Å². The number of rotatable bonds is 8. The van der Waals surface area contributed by atoms with E-state index in [1.165, 1.54) is 11.1 Å². The molecule has 0 spiro atoms. The molecule has 0 amide bonds. The second-order valence-corrected chi connectivity index (χ2v) is 6.14. The molecule has 0 fully saturated rings. The summed E-state index contributed by atoms with van der Waals surface area (Å²) < 4.78 is 0. The van der Waals surface area contributed by atoms with Crippen LogP contribution in [0.2, 0.25) is 0 Å². The van der Waals surface area contributed by atoms with Crippen LogP contribution >= 0.6 is 0 Å². The Bertz CT molecular complexity index is 412. The molecule has 0 aliphatic heterocycles. The summed E-state index contributed by atoms with van der Waals surface area (Å²) in [4.78, 5) is 13.3. The minimum absolute atomic E-state index is 0.326. The second kappa shape index (κ2) is 8.05. The van der Waals surface area contributed by atoms with Crippen molar-refractivity contribution in [1.82, 2.24) is 4.90 Å². The molecule has 0 aliphatic carbocycles. The van der Waals surface area contributed by atoms with Crippen LogP contribution in [-0.2, 0) is 11.3 Å². The Labute approximate surface area is 122 Å². The van der Waals surface area contributed by atoms with Gasteiger partial charge in [0.15, 0.2) is 0 Å². The molecule has 3 nitrogen and oxygen atoms in total. The fourth-order valence-electron chi connectivity index (χ4n) is 2.09. The Hall–Kier alpha value is -1.35. The first-order chi connectivity index (χ1) is 9.38. The highest BCUT2D eigenvalue weighted by Crippen LogP contribution is 2.12. The molecule has 0 radical (unpaired) electrons. The van der Waals surface area contributed by atoms with Crippen molar-refractivity contribution < 1.29 is 9.90 Å². The van der Waals surface area contributed by atoms with Crippen molar-refractivity contribution in [2.45, 2.75) is 40.7 Å². The topological polar surface area (TPSA) is 40.5 Å². The monoisotopic (exact) mass is 277 g/mol. The first kappa shape index (κ1) is 16.7. The molecule has 0 saturated heterocycles. The number of aryl methyl sites for hydroxylation is 1. The van der Waals surface area contributed by atoms with Gasteiger partial charge < -0.3 is 5.11 Å². The molecule has 0 saturated carbocycles. The Kier molecular flexibility index (Phi) is 6.73. The molecule has 112 valence electrons. The fraction of sp³-hybridized carbons (Fsp3) is 0.588. The minimum Gasteiger partial charge on any atom is -0.481 e. The van der Waals surface area contributed by atoms with Gasteiger partial charge in [-0.1, -0.05) is 50.6 Å². The first-order valence-electron chi connectivity index (χ1n) is 7.39. The Morgan fingerprint density at radius 2 is 1.80 bits per heavy atom. The van der Waals surface area contributed by atoms with Crippen molar-refractivity contribution in [3.63, 3.8) is 0 Å². The van der Waals surface area contributed by atoms with Crippen molar-refractivity contribution in [2.75, 3.05) is 13.1 Å². The van der Waals surface area contributed by atoms with Gasteiger partial charge in [-0.2, -0.15) is 0 Å². The Morgan fingerprint density at radius 3 is 2.30 bits per heavy atom. The van der Waals surface area contributed by atoms with Gasteiger partial charge >= 0.3 is 5.97 Å². The quantitative estimate of drug-likeness (QED) is 0.790. The van der Waals surface area contributed by atoms with Gasteiger partial charge in [-0.25, -0.2) is 0 Å². The summed E-state index contributed by atoms with van der Waals surface area (Å²) in [6.45, 7) is 10.6. The van der Waals surface area contributed by atoms with E-state index in [2.05, 4.69) is 49.9 Å². The van der Waals surface area contributed by atoms with E-state index in [1.54, 1.807) is 6.92 Å². The molecule has 1 aromatic rings. The maximum Gasteiger partial charge on any atom is 0.307 e. The molecule has 0 bridgehead atoms. The van der Waals surface area contributed by atoms with Crippen LogP contribution in [0.3, 0.4) is 0 Å². The highest BCUT2D eigenvalue weighted by molar-refractivity contribution is 5.69. The summed E-state index contributed by atoms with van der Waals surface area (Å²) in [7, 11) is 0. The molecule has 1 aromatic carbocycles. The maximum atomic E-state index is 11.0. The molecular weight excluding hydrogens is 250 g/mol. The number of nitrogens with zero attached hydrogens (tertiary/aromatic N) is 1. The smallest absolute Gasteiger partial charge is 0.307 e. The van der Waals surface area contributed by atoms with Crippen molar-refractivity contribution in [1.29, 1.82) is 0 Å². The number of carboxylic acids is 1. The number of hydrogen-bond acceptors (Lipinski definition) is 2. The van der Waals surface area contributed by atoms with Crippen LogP contribution in [0.15, 0.2) is 24.3 Å². The van der Waals surface area contributed by atoms with Crippen molar-refractivity contribution in [3.8, 4) is 0 Å². The predicted octanol–water partition coefficient (Wildman–Crippen LogP) is 3.56. The summed E-state index contributed by atoms with van der Waals surface area (Å²) >= 11 is 0. The average Bonchev–Trinajstić information content (AvgIpc) is 2.38. The van der Waals surface area contributed by atoms with E-state index >= 15 is 0 Å². The largest absolute Gasteiger partial charge is 0.481 e. The number of carboxylic acid groups (broad SMARTS) is 1. The third kappa shape index (κ3) is 6.20. The summed E-state index contributed by atoms with van der Waals surface area (Å²) in [6.07, 6.45) is 1.10. The molecule has 1 N–H and O–H groups in total. The summed E-state index contributed by atoms with van der Waals surface area (Å²) in [6, 6.07) is 8.47. The standard InChI is InChI=1S/C17H27NO2/c1-13(2)9-10-18(11-15(4)17(19)20)12-16-7-5-14(3)6-8-16/h5-8,13,15H,9-12H2,1-4H3,(H,19,20). The lowest BCUT2D eigenvalue weighted by Gasteiger charge is -2.25. The molecule has 1 atom stereocenters. The van der Waals surface area contributed by atoms with Gasteiger partial charge in [-0.15, -0.1) is 0 Å². The van der Waals surface area contributed by atoms with E-state index in [0.717, 1.165) is 19.5 Å². The molecule has 3 heteroatoms. The fourth-order valence-corrected chi connectivity index (χ4v) is 2.09. The maximum absolute atomic E-state index is 11.0. The lowest BCUT2D eigenvalue weighted by Crippen LogP contribution is -2.32. The Morgan fingerprint density at radius 1 is 1.20 bits per heavy atom. The van der Waals surface area contributed by atoms with Gasteiger partial charge in [0.05, 0.1) is 5.92 Å². The first-order valence-corrected chi connectivity index (χ1v) is 7.39. The van der Waals surface area contributed by atoms with E-state index < -0.39 is 5.97 Å². The summed E-state index contributed by atoms with van der Waals surface area (Å²) in [5, 5.41) is 9.08. The van der Waals surface area contributed by atoms with Crippen LogP contribution in [0.4, 0.5) is 0 Å². The third-order valence-corrected chi connectivity index (χ3v) is 3.50. The lowest BCUT2D eigenvalue weighted by atomic mass is 10.1. The van der Waals surface area contributed by atoms with Gasteiger partial charge in [-0.05, 0) is 31.4 Å². The lowest BCUT2D eigenvalue weighted by molar-refractivity contribution is -0.141. The van der Waals surface area contributed by atoms with E-state index in [9.17, 15) is 4.79 Å².